The molecule has 0 radical (unpaired) electrons. The monoisotopic (exact) mass is 473 g/mol. The lowest BCUT2D eigenvalue weighted by atomic mass is 9.98. The molecule has 0 amide bonds. The van der Waals surface area contributed by atoms with E-state index >= 15 is 0 Å². The normalized spacial score (nSPS) is 14.5. The molecule has 3 aromatic rings. The Morgan fingerprint density at radius 3 is 2.80 bits per heavy atom. The van der Waals surface area contributed by atoms with Gasteiger partial charge in [0.2, 0.25) is 0 Å². The number of carboxylic acids is 1. The molecule has 4 rings (SSSR count). The lowest BCUT2D eigenvalue weighted by Crippen LogP contribution is -2.28. The maximum Gasteiger partial charge on any atom is 0.303 e. The number of hydrogen-bond acceptors (Lipinski definition) is 5. The fraction of sp³-hybridized carbons (Fsp3) is 0.414. The Bertz CT molecular complexity index is 1180. The predicted molar refractivity (Wildman–Crippen MR) is 139 cm³/mol. The van der Waals surface area contributed by atoms with Crippen LogP contribution in [0.1, 0.15) is 60.8 Å². The first-order chi connectivity index (χ1) is 16.9. The van der Waals surface area contributed by atoms with Crippen molar-refractivity contribution < 1.29 is 14.6 Å². The third-order valence-electron chi connectivity index (χ3n) is 6.59. The molecular formula is C29H35N3O3. The van der Waals surface area contributed by atoms with Gasteiger partial charge in [-0.25, -0.2) is 9.97 Å². The number of hydrogen-bond donors (Lipinski definition) is 1. The fourth-order valence-electron chi connectivity index (χ4n) is 4.91. The quantitative estimate of drug-likeness (QED) is 0.347. The van der Waals surface area contributed by atoms with Gasteiger partial charge in [-0.05, 0) is 74.8 Å². The van der Waals surface area contributed by atoms with Crippen LogP contribution < -0.4 is 9.64 Å². The summed E-state index contributed by atoms with van der Waals surface area (Å²) in [6.45, 7) is 8.73. The molecule has 184 valence electrons. The van der Waals surface area contributed by atoms with Gasteiger partial charge >= 0.3 is 5.97 Å². The minimum absolute atomic E-state index is 0.125. The molecule has 35 heavy (non-hydrogen) atoms. The molecule has 0 spiro atoms. The molecule has 0 bridgehead atoms. The van der Waals surface area contributed by atoms with Crippen molar-refractivity contribution in [3.63, 3.8) is 0 Å². The topological polar surface area (TPSA) is 75.5 Å². The molecule has 6 nitrogen and oxygen atoms in total. The van der Waals surface area contributed by atoms with Gasteiger partial charge in [0.15, 0.2) is 5.82 Å². The molecule has 1 aromatic heterocycles. The first-order valence-corrected chi connectivity index (χ1v) is 12.6. The van der Waals surface area contributed by atoms with Crippen molar-refractivity contribution in [3.05, 3.63) is 70.9 Å². The first-order valence-electron chi connectivity index (χ1n) is 12.6. The number of nitrogens with zero attached hydrogens (tertiary/aromatic N) is 3. The van der Waals surface area contributed by atoms with Crippen LogP contribution in [0.5, 0.6) is 5.75 Å². The van der Waals surface area contributed by atoms with Crippen molar-refractivity contribution in [3.8, 4) is 17.1 Å². The molecule has 0 saturated carbocycles. The molecule has 0 aliphatic heterocycles. The van der Waals surface area contributed by atoms with Gasteiger partial charge in [-0.2, -0.15) is 0 Å². The Kier molecular flexibility index (Phi) is 8.01. The van der Waals surface area contributed by atoms with Crippen LogP contribution in [0.3, 0.4) is 0 Å². The third kappa shape index (κ3) is 6.18. The zero-order valence-electron chi connectivity index (χ0n) is 21.0. The molecule has 1 heterocycles. The summed E-state index contributed by atoms with van der Waals surface area (Å²) in [6.07, 6.45) is 5.86. The van der Waals surface area contributed by atoms with E-state index in [0.717, 1.165) is 72.9 Å². The lowest BCUT2D eigenvalue weighted by Gasteiger charge is -2.25. The number of aryl methyl sites for hydroxylation is 3. The summed E-state index contributed by atoms with van der Waals surface area (Å²) in [5, 5.41) is 9.13. The van der Waals surface area contributed by atoms with Crippen molar-refractivity contribution >= 4 is 11.8 Å². The molecule has 1 N–H and O–H groups in total. The van der Waals surface area contributed by atoms with Crippen LogP contribution in [-0.2, 0) is 11.2 Å². The molecule has 2 aromatic carbocycles. The number of benzene rings is 2. The number of ether oxygens (including phenoxy) is 1. The van der Waals surface area contributed by atoms with E-state index in [0.29, 0.717) is 6.61 Å². The van der Waals surface area contributed by atoms with Gasteiger partial charge in [-0.1, -0.05) is 36.8 Å². The maximum absolute atomic E-state index is 11.1. The van der Waals surface area contributed by atoms with E-state index in [-0.39, 0.29) is 12.3 Å². The van der Waals surface area contributed by atoms with Crippen molar-refractivity contribution in [2.24, 2.45) is 0 Å². The minimum atomic E-state index is -0.732. The Labute approximate surface area is 208 Å². The van der Waals surface area contributed by atoms with Gasteiger partial charge in [0, 0.05) is 30.4 Å². The first kappa shape index (κ1) is 24.7. The summed E-state index contributed by atoms with van der Waals surface area (Å²) in [5.41, 5.74) is 5.69. The second-order valence-electron chi connectivity index (χ2n) is 9.45. The van der Waals surface area contributed by atoms with E-state index < -0.39 is 5.97 Å². The molecule has 1 aliphatic carbocycles. The zero-order chi connectivity index (χ0) is 24.8. The summed E-state index contributed by atoms with van der Waals surface area (Å²) < 4.78 is 6.07. The largest absolute Gasteiger partial charge is 0.494 e. The van der Waals surface area contributed by atoms with E-state index in [2.05, 4.69) is 54.9 Å². The SMILES string of the molecule is CCCN(CCCOc1ccc2c(c1)CC[C@H]2CC(=O)O)c1nc(-c2cccc(C)c2)ncc1C. The van der Waals surface area contributed by atoms with Gasteiger partial charge in [0.05, 0.1) is 13.0 Å². The average molecular weight is 474 g/mol. The van der Waals surface area contributed by atoms with Crippen molar-refractivity contribution in [2.75, 3.05) is 24.6 Å². The summed E-state index contributed by atoms with van der Waals surface area (Å²) in [6, 6.07) is 14.4. The van der Waals surface area contributed by atoms with Crippen LogP contribution >= 0.6 is 0 Å². The number of anilines is 1. The highest BCUT2D eigenvalue weighted by atomic mass is 16.5. The molecule has 0 fully saturated rings. The van der Waals surface area contributed by atoms with E-state index in [1.807, 2.05) is 24.4 Å². The van der Waals surface area contributed by atoms with Gasteiger partial charge in [-0.15, -0.1) is 0 Å². The second kappa shape index (κ2) is 11.3. The van der Waals surface area contributed by atoms with Crippen LogP contribution in [0.15, 0.2) is 48.7 Å². The summed E-state index contributed by atoms with van der Waals surface area (Å²) in [7, 11) is 0. The molecule has 0 unspecified atom stereocenters. The van der Waals surface area contributed by atoms with E-state index in [1.165, 1.54) is 11.1 Å². The average Bonchev–Trinajstić information content (AvgIpc) is 3.23. The molecule has 1 aliphatic rings. The van der Waals surface area contributed by atoms with Crippen LogP contribution in [0.25, 0.3) is 11.4 Å². The zero-order valence-corrected chi connectivity index (χ0v) is 21.0. The number of aromatic nitrogens is 2. The highest BCUT2D eigenvalue weighted by Gasteiger charge is 2.25. The maximum atomic E-state index is 11.1. The number of carboxylic acid groups (broad SMARTS) is 1. The molecule has 1 atom stereocenters. The van der Waals surface area contributed by atoms with Crippen LogP contribution in [-0.4, -0.2) is 40.7 Å². The second-order valence-corrected chi connectivity index (χ2v) is 9.45. The standard InChI is InChI=1S/C29H35N3O3/c1-4-13-32(29-21(3)19-30-28(31-29)24-8-5-7-20(2)16-24)14-6-15-35-25-11-12-26-22(17-25)9-10-23(26)18-27(33)34/h5,7-8,11-12,16-17,19,23H,4,6,9-10,13-15,18H2,1-3H3,(H,33,34)/t23-/m0/s1. The van der Waals surface area contributed by atoms with Crippen molar-refractivity contribution in [1.29, 1.82) is 0 Å². The third-order valence-corrected chi connectivity index (χ3v) is 6.59. The minimum Gasteiger partial charge on any atom is -0.494 e. The number of carbonyl (C=O) groups is 1. The van der Waals surface area contributed by atoms with E-state index in [4.69, 9.17) is 14.8 Å². The summed E-state index contributed by atoms with van der Waals surface area (Å²) in [5.74, 6) is 2.00. The van der Waals surface area contributed by atoms with E-state index in [1.54, 1.807) is 0 Å². The lowest BCUT2D eigenvalue weighted by molar-refractivity contribution is -0.137. The smallest absolute Gasteiger partial charge is 0.303 e. The van der Waals surface area contributed by atoms with Gasteiger partial charge in [0.25, 0.3) is 0 Å². The Morgan fingerprint density at radius 1 is 1.17 bits per heavy atom. The van der Waals surface area contributed by atoms with Crippen molar-refractivity contribution in [1.82, 2.24) is 9.97 Å². The van der Waals surface area contributed by atoms with Gasteiger partial charge < -0.3 is 14.7 Å². The highest BCUT2D eigenvalue weighted by molar-refractivity contribution is 5.68. The Hall–Kier alpha value is -3.41. The Morgan fingerprint density at radius 2 is 2.03 bits per heavy atom. The summed E-state index contributed by atoms with van der Waals surface area (Å²) >= 11 is 0. The van der Waals surface area contributed by atoms with Crippen molar-refractivity contribution in [2.45, 2.75) is 58.8 Å². The number of rotatable bonds is 11. The highest BCUT2D eigenvalue weighted by Crippen LogP contribution is 2.37. The van der Waals surface area contributed by atoms with Crippen LogP contribution in [0.2, 0.25) is 0 Å². The van der Waals surface area contributed by atoms with E-state index in [9.17, 15) is 4.79 Å². The van der Waals surface area contributed by atoms with Crippen LogP contribution in [0, 0.1) is 13.8 Å². The molecular weight excluding hydrogens is 438 g/mol. The number of aliphatic carboxylic acids is 1. The number of fused-ring (bicyclic) bond motifs is 1. The fourth-order valence-corrected chi connectivity index (χ4v) is 4.91. The van der Waals surface area contributed by atoms with Gasteiger partial charge in [0.1, 0.15) is 11.6 Å². The Balaban J connectivity index is 1.38. The van der Waals surface area contributed by atoms with Gasteiger partial charge in [-0.3, -0.25) is 4.79 Å². The summed E-state index contributed by atoms with van der Waals surface area (Å²) in [4.78, 5) is 23.0. The van der Waals surface area contributed by atoms with Crippen LogP contribution in [0.4, 0.5) is 5.82 Å². The molecule has 6 heteroatoms. The predicted octanol–water partition coefficient (Wildman–Crippen LogP) is 5.95. The molecule has 0 saturated heterocycles.